The molecule has 0 unspecified atom stereocenters. The van der Waals surface area contributed by atoms with Gasteiger partial charge in [0.05, 0.1) is 60.3 Å². The van der Waals surface area contributed by atoms with E-state index in [1.807, 2.05) is 6.92 Å². The monoisotopic (exact) mass is 1420 g/mol. The maximum atomic E-state index is 13.9. The van der Waals surface area contributed by atoms with E-state index in [1.165, 1.54) is 41.1 Å². The molecule has 0 aliphatic carbocycles. The fraction of sp³-hybridized carbons (Fsp3) is 0.377. The van der Waals surface area contributed by atoms with E-state index in [-0.39, 0.29) is 103 Å². The molecular weight excluding hydrogens is 1360 g/mol. The van der Waals surface area contributed by atoms with Crippen LogP contribution in [-0.4, -0.2) is 181 Å². The summed E-state index contributed by atoms with van der Waals surface area (Å²) in [6.07, 6.45) is -3.21. The van der Waals surface area contributed by atoms with E-state index in [1.54, 1.807) is 25.1 Å². The van der Waals surface area contributed by atoms with Crippen LogP contribution in [0.15, 0.2) is 64.3 Å². The van der Waals surface area contributed by atoms with Gasteiger partial charge >= 0.3 is 36.0 Å². The quantitative estimate of drug-likeness (QED) is 0.00613. The minimum Gasteiger partial charge on any atom is -0.481 e. The number of anilines is 2. The number of nitrogens with one attached hydrogen (secondary N) is 9. The summed E-state index contributed by atoms with van der Waals surface area (Å²) in [5, 5.41) is 75.4. The number of benzene rings is 2. The lowest BCUT2D eigenvalue weighted by Crippen LogP contribution is -2.58. The molecule has 39 heteroatoms. The van der Waals surface area contributed by atoms with Gasteiger partial charge in [-0.1, -0.05) is 35.4 Å². The SMILES string of the molecule is CCc1c2c(nc3ccc(OC(=O)OCCSSC[C@H](NC(=O)[C@H](CC(=O)O)NC(=O)[C@H](CCCNC(=N)N)NC(=O)[C@H](CC(=O)O)NC(=O)CC[C@H](NC(=O)c4ccc(NCc5cnc6nc(N)[nH]c(=O)c6n5)cc4)C(=O)O)C(=O)O)cc13)-c1cc3c(c(=O)n1C2)COC(=O)[C@]3(O)CC. The molecule has 0 saturated heterocycles. The standard InChI is InChI=1S/C61H68N16O21S2/c1-3-31-32-18-30(11-12-36(32)70-46-33(31)24-77-42(46)19-35-34(54(77)88)25-97-57(93)61(35,95)4-2)98-60(94)96-16-17-99-100-26-41(56(91)92)74-52(86)40(21-45(81)82)73-50(84)37(6-5-15-65-58(62)63)71-51(85)39(20-44(79)80)69-43(78)14-13-38(55(89)90)72-49(83)27-7-9-28(10-8-27)66-22-29-23-67-48-47(68-29)53(87)76-59(64)75-48/h7-12,18-19,23,37-41,66,95H,3-6,13-17,20-22,24-26H2,1-2H3,(H,69,78)(H,71,85)(H,72,83)(H,73,84)(H,74,86)(H,79,80)(H,81,82)(H,89,90)(H,91,92)(H4,62,63,65)(H3,64,67,75,76,87)/t37-,38-,39-,40-,41-,61-/m0/s1. The summed E-state index contributed by atoms with van der Waals surface area (Å²) in [6.45, 7) is 3.11. The molecule has 2 aromatic carbocycles. The first-order chi connectivity index (χ1) is 47.6. The van der Waals surface area contributed by atoms with Crippen LogP contribution in [0, 0.1) is 5.41 Å². The molecule has 2 aliphatic rings. The smallest absolute Gasteiger partial charge is 0.481 e. The van der Waals surface area contributed by atoms with Gasteiger partial charge in [0.1, 0.15) is 49.2 Å². The number of H-pyrrole nitrogens is 1. The minimum atomic E-state index is -2.01. The number of aromatic nitrogens is 6. The number of cyclic esters (lactones) is 1. The summed E-state index contributed by atoms with van der Waals surface area (Å²) in [5.74, 6) is -13.9. The van der Waals surface area contributed by atoms with Crippen molar-refractivity contribution in [2.45, 2.75) is 121 Å². The summed E-state index contributed by atoms with van der Waals surface area (Å²) in [4.78, 5) is 187. The third kappa shape index (κ3) is 18.6. The summed E-state index contributed by atoms with van der Waals surface area (Å²) in [7, 11) is 1.93. The van der Waals surface area contributed by atoms with E-state index in [0.717, 1.165) is 32.7 Å². The average Bonchev–Trinajstić information content (AvgIpc) is 1.52. The van der Waals surface area contributed by atoms with Crippen LogP contribution in [-0.2, 0) is 84.3 Å². The molecular formula is C61H68N16O21S2. The van der Waals surface area contributed by atoms with Crippen LogP contribution >= 0.6 is 21.6 Å². The highest BCUT2D eigenvalue weighted by Crippen LogP contribution is 2.41. The molecule has 0 radical (unpaired) electrons. The topological polar surface area (TPSA) is 583 Å². The Bertz CT molecular complexity index is 4370. The Labute approximate surface area is 572 Å². The molecule has 5 amide bonds. The van der Waals surface area contributed by atoms with Crippen molar-refractivity contribution >= 4 is 127 Å². The summed E-state index contributed by atoms with van der Waals surface area (Å²) < 4.78 is 17.4. The lowest BCUT2D eigenvalue weighted by atomic mass is 9.86. The second kappa shape index (κ2) is 33.2. The van der Waals surface area contributed by atoms with Gasteiger partial charge in [-0.2, -0.15) is 4.98 Å². The molecule has 530 valence electrons. The number of guanidine groups is 1. The maximum absolute atomic E-state index is 13.9. The number of carbonyl (C=O) groups excluding carboxylic acids is 7. The Kier molecular flexibility index (Phi) is 24.7. The Morgan fingerprint density at radius 2 is 1.47 bits per heavy atom. The van der Waals surface area contributed by atoms with Gasteiger partial charge in [-0.15, -0.1) is 0 Å². The number of aryl methyl sites for hydroxylation is 1. The number of rotatable bonds is 34. The molecule has 6 atom stereocenters. The van der Waals surface area contributed by atoms with Gasteiger partial charge in [0.2, 0.25) is 29.6 Å². The molecule has 2 aliphatic heterocycles. The molecule has 0 spiro atoms. The Morgan fingerprint density at radius 1 is 0.800 bits per heavy atom. The van der Waals surface area contributed by atoms with E-state index in [0.29, 0.717) is 40.1 Å². The molecule has 8 rings (SSSR count). The highest BCUT2D eigenvalue weighted by atomic mass is 33.1. The number of aromatic amines is 1. The predicted octanol–water partition coefficient (Wildman–Crippen LogP) is -0.341. The van der Waals surface area contributed by atoms with E-state index in [9.17, 15) is 87.9 Å². The van der Waals surface area contributed by atoms with Crippen molar-refractivity contribution in [3.05, 3.63) is 109 Å². The lowest BCUT2D eigenvalue weighted by Gasteiger charge is -2.31. The van der Waals surface area contributed by atoms with Crippen molar-refractivity contribution in [2.24, 2.45) is 5.73 Å². The van der Waals surface area contributed by atoms with Crippen molar-refractivity contribution in [1.82, 2.24) is 61.4 Å². The molecule has 100 heavy (non-hydrogen) atoms. The van der Waals surface area contributed by atoms with Gasteiger partial charge in [0.15, 0.2) is 22.7 Å². The zero-order chi connectivity index (χ0) is 72.7. The number of carboxylic acid groups (broad SMARTS) is 4. The largest absolute Gasteiger partial charge is 0.513 e. The number of nitrogens with zero attached hydrogens (tertiary/aromatic N) is 5. The van der Waals surface area contributed by atoms with Gasteiger partial charge < -0.3 is 93.0 Å². The van der Waals surface area contributed by atoms with Crippen LogP contribution in [0.1, 0.15) is 97.1 Å². The van der Waals surface area contributed by atoms with Gasteiger partial charge in [-0.05, 0) is 86.2 Å². The Morgan fingerprint density at radius 3 is 2.13 bits per heavy atom. The molecule has 18 N–H and O–H groups in total. The van der Waals surface area contributed by atoms with Crippen LogP contribution in [0.25, 0.3) is 33.5 Å². The molecule has 37 nitrogen and oxygen atoms in total. The number of amides is 5. The number of hydrogen-bond donors (Lipinski definition) is 16. The normalized spacial score (nSPS) is 15.0. The number of hydrogen-bond acceptors (Lipinski definition) is 26. The minimum absolute atomic E-state index is 0.000309. The van der Waals surface area contributed by atoms with E-state index < -0.39 is 144 Å². The fourth-order valence-electron chi connectivity index (χ4n) is 10.7. The maximum Gasteiger partial charge on any atom is 0.513 e. The lowest BCUT2D eigenvalue weighted by molar-refractivity contribution is -0.172. The molecule has 0 fully saturated rings. The van der Waals surface area contributed by atoms with Gasteiger partial charge in [-0.3, -0.25) is 53.5 Å². The third-order valence-corrected chi connectivity index (χ3v) is 18.1. The Balaban J connectivity index is 0.812. The van der Waals surface area contributed by atoms with Crippen molar-refractivity contribution in [2.75, 3.05) is 35.7 Å². The zero-order valence-corrected chi connectivity index (χ0v) is 54.8. The van der Waals surface area contributed by atoms with Crippen molar-refractivity contribution in [3.8, 4) is 17.1 Å². The number of ether oxygens (including phenoxy) is 3. The number of esters is 1. The van der Waals surface area contributed by atoms with Gasteiger partial charge in [-0.25, -0.2) is 34.1 Å². The van der Waals surface area contributed by atoms with Crippen molar-refractivity contribution in [1.29, 1.82) is 5.41 Å². The van der Waals surface area contributed by atoms with Crippen LogP contribution in [0.2, 0.25) is 0 Å². The Hall–Kier alpha value is -11.5. The number of aliphatic carboxylic acids is 4. The molecule has 0 saturated carbocycles. The highest BCUT2D eigenvalue weighted by Gasteiger charge is 2.46. The summed E-state index contributed by atoms with van der Waals surface area (Å²) >= 11 is 0. The van der Waals surface area contributed by atoms with Crippen molar-refractivity contribution in [3.63, 3.8) is 0 Å². The van der Waals surface area contributed by atoms with Gasteiger partial charge in [0.25, 0.3) is 17.0 Å². The number of nitrogen functional groups attached to an aromatic ring is 1. The van der Waals surface area contributed by atoms with Gasteiger partial charge in [0, 0.05) is 52.2 Å². The first-order valence-electron chi connectivity index (χ1n) is 30.6. The summed E-state index contributed by atoms with van der Waals surface area (Å²) in [6, 6.07) is 2.89. The van der Waals surface area contributed by atoms with Crippen molar-refractivity contribution < 1.29 is 92.5 Å². The van der Waals surface area contributed by atoms with E-state index in [2.05, 4.69) is 57.2 Å². The third-order valence-electron chi connectivity index (χ3n) is 15.7. The highest BCUT2D eigenvalue weighted by molar-refractivity contribution is 8.76. The predicted molar refractivity (Wildman–Crippen MR) is 354 cm³/mol. The number of fused-ring (bicyclic) bond motifs is 6. The van der Waals surface area contributed by atoms with Crippen LogP contribution in [0.4, 0.5) is 16.4 Å². The summed E-state index contributed by atoms with van der Waals surface area (Å²) in [5.41, 5.74) is 12.0. The average molecular weight is 1430 g/mol. The second-order valence-electron chi connectivity index (χ2n) is 22.5. The number of pyridine rings is 2. The molecule has 0 bridgehead atoms. The fourth-order valence-corrected chi connectivity index (χ4v) is 12.6. The second-order valence-corrected chi connectivity index (χ2v) is 25.1. The molecule has 6 aromatic rings. The first-order valence-corrected chi connectivity index (χ1v) is 33.1. The number of aliphatic hydroxyl groups is 1. The first kappa shape index (κ1) is 74.3. The van der Waals surface area contributed by atoms with Crippen LogP contribution < -0.4 is 64.5 Å². The number of nitrogens with two attached hydrogens (primary N) is 2. The molecule has 6 heterocycles. The van der Waals surface area contributed by atoms with E-state index >= 15 is 0 Å². The van der Waals surface area contributed by atoms with Crippen LogP contribution in [0.5, 0.6) is 5.75 Å². The van der Waals surface area contributed by atoms with E-state index in [4.69, 9.17) is 36.1 Å². The number of carboxylic acids is 4. The number of carbonyl (C=O) groups is 11. The molecule has 4 aromatic heterocycles. The zero-order valence-electron chi connectivity index (χ0n) is 53.2. The van der Waals surface area contributed by atoms with Crippen LogP contribution in [0.3, 0.4) is 0 Å².